The Morgan fingerprint density at radius 1 is 1.09 bits per heavy atom. The van der Waals surface area contributed by atoms with Crippen molar-refractivity contribution >= 4 is 38.9 Å². The number of nitrogens with zero attached hydrogens (tertiary/aromatic N) is 2. The molecule has 0 saturated carbocycles. The number of halogens is 4. The fourth-order valence-electron chi connectivity index (χ4n) is 3.26. The summed E-state index contributed by atoms with van der Waals surface area (Å²) in [4.78, 5) is 12.4. The molecule has 33 heavy (non-hydrogen) atoms. The van der Waals surface area contributed by atoms with Gasteiger partial charge in [0.15, 0.2) is 0 Å². The van der Waals surface area contributed by atoms with Crippen LogP contribution in [-0.2, 0) is 26.4 Å². The first-order valence-corrected chi connectivity index (χ1v) is 12.1. The van der Waals surface area contributed by atoms with Gasteiger partial charge in [-0.15, -0.1) is 0 Å². The molecule has 0 unspecified atom stereocenters. The van der Waals surface area contributed by atoms with Crippen LogP contribution in [0.1, 0.15) is 38.3 Å². The second-order valence-corrected chi connectivity index (χ2v) is 10.6. The average molecular weight is 504 g/mol. The molecule has 6 nitrogen and oxygen atoms in total. The minimum atomic E-state index is -4.71. The molecule has 2 rings (SSSR count). The van der Waals surface area contributed by atoms with Crippen molar-refractivity contribution in [3.05, 3.63) is 64.7 Å². The van der Waals surface area contributed by atoms with Crippen molar-refractivity contribution in [3.63, 3.8) is 0 Å². The fourth-order valence-corrected chi connectivity index (χ4v) is 4.39. The molecule has 2 aromatic carbocycles. The summed E-state index contributed by atoms with van der Waals surface area (Å²) >= 11 is 5.96. The second kappa shape index (κ2) is 10.1. The third-order valence-corrected chi connectivity index (χ3v) is 6.30. The number of rotatable bonds is 8. The molecule has 0 radical (unpaired) electrons. The van der Waals surface area contributed by atoms with E-state index in [0.717, 1.165) is 24.0 Å². The van der Waals surface area contributed by atoms with Crippen molar-refractivity contribution in [2.24, 2.45) is 5.10 Å². The molecule has 0 bridgehead atoms. The third-order valence-electron chi connectivity index (χ3n) is 4.85. The lowest BCUT2D eigenvalue weighted by molar-refractivity contribution is -0.137. The predicted octanol–water partition coefficient (Wildman–Crippen LogP) is 4.98. The number of hydrazone groups is 1. The summed E-state index contributed by atoms with van der Waals surface area (Å²) in [6.07, 6.45) is -3.43. The summed E-state index contributed by atoms with van der Waals surface area (Å²) < 4.78 is 64.2. The van der Waals surface area contributed by atoms with Gasteiger partial charge < -0.3 is 0 Å². The van der Waals surface area contributed by atoms with Crippen molar-refractivity contribution in [1.82, 2.24) is 5.43 Å². The van der Waals surface area contributed by atoms with E-state index < -0.39 is 39.9 Å². The lowest BCUT2D eigenvalue weighted by Gasteiger charge is -2.25. The monoisotopic (exact) mass is 503 g/mol. The minimum absolute atomic E-state index is 0.245. The van der Waals surface area contributed by atoms with E-state index in [0.29, 0.717) is 22.5 Å². The Kier molecular flexibility index (Phi) is 8.18. The lowest BCUT2D eigenvalue weighted by Crippen LogP contribution is -2.39. The van der Waals surface area contributed by atoms with E-state index in [-0.39, 0.29) is 10.4 Å². The summed E-state index contributed by atoms with van der Waals surface area (Å²) in [7, 11) is -4.13. The average Bonchev–Trinajstić information content (AvgIpc) is 2.70. The molecule has 0 spiro atoms. The van der Waals surface area contributed by atoms with Crippen LogP contribution in [0, 0.1) is 0 Å². The zero-order valence-corrected chi connectivity index (χ0v) is 20.1. The first-order chi connectivity index (χ1) is 15.1. The SMILES string of the molecule is CC(CC(C)(C)c1ccccc1)=NNC(=O)CN(c1cc(C(F)(F)F)ccc1Cl)S(C)(=O)=O. The zero-order valence-electron chi connectivity index (χ0n) is 18.6. The Balaban J connectivity index is 2.19. The molecule has 1 N–H and O–H groups in total. The number of hydrogen-bond donors (Lipinski definition) is 1. The van der Waals surface area contributed by atoms with Gasteiger partial charge >= 0.3 is 6.18 Å². The fraction of sp³-hybridized carbons (Fsp3) is 0.364. The molecule has 11 heteroatoms. The Morgan fingerprint density at radius 3 is 2.24 bits per heavy atom. The molecule has 0 fully saturated rings. The highest BCUT2D eigenvalue weighted by Crippen LogP contribution is 2.36. The van der Waals surface area contributed by atoms with E-state index >= 15 is 0 Å². The number of carbonyl (C=O) groups is 1. The van der Waals surface area contributed by atoms with Crippen LogP contribution in [-0.4, -0.2) is 32.8 Å². The van der Waals surface area contributed by atoms with E-state index in [1.807, 2.05) is 44.2 Å². The van der Waals surface area contributed by atoms with Crippen LogP contribution in [0.5, 0.6) is 0 Å². The molecule has 1 amide bonds. The molecular weight excluding hydrogens is 479 g/mol. The third kappa shape index (κ3) is 7.46. The summed E-state index contributed by atoms with van der Waals surface area (Å²) in [6, 6.07) is 12.0. The quantitative estimate of drug-likeness (QED) is 0.407. The number of sulfonamides is 1. The van der Waals surface area contributed by atoms with Crippen LogP contribution in [0.2, 0.25) is 5.02 Å². The smallest absolute Gasteiger partial charge is 0.271 e. The largest absolute Gasteiger partial charge is 0.416 e. The van der Waals surface area contributed by atoms with Gasteiger partial charge in [0, 0.05) is 5.71 Å². The number of carbonyl (C=O) groups excluding carboxylic acids is 1. The van der Waals surface area contributed by atoms with Crippen LogP contribution in [0.15, 0.2) is 53.6 Å². The number of anilines is 1. The van der Waals surface area contributed by atoms with Gasteiger partial charge in [0.1, 0.15) is 6.54 Å². The standard InChI is InChI=1S/C22H25ClF3N3O3S/c1-15(13-21(2,3)16-8-6-5-7-9-16)27-28-20(30)14-29(33(4,31)32)19-12-17(22(24,25)26)10-11-18(19)23/h5-12H,13-14H2,1-4H3,(H,28,30). The maximum absolute atomic E-state index is 13.1. The molecule has 0 heterocycles. The normalized spacial score (nSPS) is 13.0. The minimum Gasteiger partial charge on any atom is -0.271 e. The molecular formula is C22H25ClF3N3O3S. The summed E-state index contributed by atoms with van der Waals surface area (Å²) in [5.74, 6) is -0.828. The van der Waals surface area contributed by atoms with E-state index in [4.69, 9.17) is 11.6 Å². The van der Waals surface area contributed by atoms with Gasteiger partial charge in [-0.3, -0.25) is 9.10 Å². The molecule has 0 saturated heterocycles. The van der Waals surface area contributed by atoms with E-state index in [1.54, 1.807) is 6.92 Å². The number of benzene rings is 2. The van der Waals surface area contributed by atoms with Gasteiger partial charge in [0.25, 0.3) is 5.91 Å². The molecule has 180 valence electrons. The van der Waals surface area contributed by atoms with Crippen LogP contribution in [0.25, 0.3) is 0 Å². The van der Waals surface area contributed by atoms with Crippen LogP contribution in [0.4, 0.5) is 18.9 Å². The highest BCUT2D eigenvalue weighted by molar-refractivity contribution is 7.92. The lowest BCUT2D eigenvalue weighted by atomic mass is 9.80. The van der Waals surface area contributed by atoms with Crippen molar-refractivity contribution in [2.75, 3.05) is 17.1 Å². The van der Waals surface area contributed by atoms with Crippen LogP contribution < -0.4 is 9.73 Å². The molecule has 0 aliphatic rings. The van der Waals surface area contributed by atoms with Gasteiger partial charge in [-0.25, -0.2) is 13.8 Å². The highest BCUT2D eigenvalue weighted by atomic mass is 35.5. The number of hydrogen-bond acceptors (Lipinski definition) is 4. The molecule has 0 aliphatic carbocycles. The Labute approximate surface area is 196 Å². The first kappa shape index (κ1) is 26.7. The molecule has 0 aromatic heterocycles. The van der Waals surface area contributed by atoms with Gasteiger partial charge in [-0.05, 0) is 42.5 Å². The molecule has 0 aliphatic heterocycles. The zero-order chi connectivity index (χ0) is 25.0. The van der Waals surface area contributed by atoms with E-state index in [2.05, 4.69) is 10.5 Å². The van der Waals surface area contributed by atoms with Gasteiger partial charge in [0.05, 0.1) is 22.5 Å². The van der Waals surface area contributed by atoms with Crippen molar-refractivity contribution in [2.45, 2.75) is 38.8 Å². The van der Waals surface area contributed by atoms with Crippen molar-refractivity contribution in [1.29, 1.82) is 0 Å². The molecule has 0 atom stereocenters. The topological polar surface area (TPSA) is 78.8 Å². The summed E-state index contributed by atoms with van der Waals surface area (Å²) in [6.45, 7) is 4.95. The summed E-state index contributed by atoms with van der Waals surface area (Å²) in [5, 5.41) is 3.78. The van der Waals surface area contributed by atoms with Crippen molar-refractivity contribution < 1.29 is 26.4 Å². The maximum atomic E-state index is 13.1. The van der Waals surface area contributed by atoms with Crippen molar-refractivity contribution in [3.8, 4) is 0 Å². The van der Waals surface area contributed by atoms with Gasteiger partial charge in [-0.1, -0.05) is 55.8 Å². The van der Waals surface area contributed by atoms with E-state index in [9.17, 15) is 26.4 Å². The van der Waals surface area contributed by atoms with Crippen LogP contribution in [0.3, 0.4) is 0 Å². The number of alkyl halides is 3. The Bertz CT molecular complexity index is 1130. The second-order valence-electron chi connectivity index (χ2n) is 8.24. The maximum Gasteiger partial charge on any atom is 0.416 e. The predicted molar refractivity (Wildman–Crippen MR) is 124 cm³/mol. The van der Waals surface area contributed by atoms with E-state index in [1.165, 1.54) is 0 Å². The van der Waals surface area contributed by atoms with Gasteiger partial charge in [-0.2, -0.15) is 18.3 Å². The van der Waals surface area contributed by atoms with Gasteiger partial charge in [0.2, 0.25) is 10.0 Å². The first-order valence-electron chi connectivity index (χ1n) is 9.83. The Morgan fingerprint density at radius 2 is 1.70 bits per heavy atom. The highest BCUT2D eigenvalue weighted by Gasteiger charge is 2.33. The van der Waals surface area contributed by atoms with Crippen LogP contribution >= 0.6 is 11.6 Å². The Hall–Kier alpha value is -2.59. The molecule has 2 aromatic rings. The number of amides is 1. The number of nitrogens with one attached hydrogen (secondary N) is 1. The summed E-state index contributed by atoms with van der Waals surface area (Å²) in [5.41, 5.74) is 2.12.